The van der Waals surface area contributed by atoms with Crippen molar-refractivity contribution in [3.8, 4) is 5.75 Å². The van der Waals surface area contributed by atoms with Crippen molar-refractivity contribution in [1.29, 1.82) is 0 Å². The van der Waals surface area contributed by atoms with Crippen LogP contribution < -0.4 is 5.23 Å². The van der Waals surface area contributed by atoms with E-state index in [1.807, 2.05) is 20.3 Å². The second kappa shape index (κ2) is 6.80. The molecule has 4 heteroatoms. The number of benzene rings is 1. The van der Waals surface area contributed by atoms with Gasteiger partial charge in [0.25, 0.3) is 0 Å². The fraction of sp³-hybridized carbons (Fsp3) is 0.680. The number of phenols is 1. The minimum Gasteiger partial charge on any atom is -0.508 e. The summed E-state index contributed by atoms with van der Waals surface area (Å²) in [7, 11) is 4.31. The molecule has 157 valence electrons. The molecule has 3 aliphatic rings. The summed E-state index contributed by atoms with van der Waals surface area (Å²) in [6.07, 6.45) is 5.77. The third-order valence-electron chi connectivity index (χ3n) is 9.42. The van der Waals surface area contributed by atoms with Gasteiger partial charge < -0.3 is 15.2 Å². The fourth-order valence-corrected chi connectivity index (χ4v) is 7.94. The number of hydrogen-bond acceptors (Lipinski definition) is 3. The first kappa shape index (κ1) is 20.8. The number of allylic oxidation sites excluding steroid dienone is 1. The van der Waals surface area contributed by atoms with E-state index in [1.54, 1.807) is 0 Å². The predicted octanol–water partition coefficient (Wildman–Crippen LogP) is 4.80. The van der Waals surface area contributed by atoms with Crippen molar-refractivity contribution in [3.05, 3.63) is 41.1 Å². The van der Waals surface area contributed by atoms with Crippen molar-refractivity contribution in [2.45, 2.75) is 78.1 Å². The molecule has 29 heavy (non-hydrogen) atoms. The lowest BCUT2D eigenvalue weighted by Crippen LogP contribution is -2.72. The van der Waals surface area contributed by atoms with Gasteiger partial charge in [-0.05, 0) is 97.8 Å². The average Bonchev–Trinajstić information content (AvgIpc) is 2.64. The van der Waals surface area contributed by atoms with Crippen LogP contribution in [-0.4, -0.2) is 37.1 Å². The Labute approximate surface area is 178 Å². The van der Waals surface area contributed by atoms with Gasteiger partial charge in [0.05, 0.1) is 0 Å². The van der Waals surface area contributed by atoms with Crippen LogP contribution in [0.25, 0.3) is 0 Å². The van der Waals surface area contributed by atoms with Gasteiger partial charge in [-0.2, -0.15) is 0 Å². The lowest BCUT2D eigenvalue weighted by molar-refractivity contribution is -0.157. The van der Waals surface area contributed by atoms with E-state index in [0.717, 1.165) is 37.1 Å². The zero-order valence-electron chi connectivity index (χ0n) is 19.2. The summed E-state index contributed by atoms with van der Waals surface area (Å²) in [5, 5.41) is 14.1. The van der Waals surface area contributed by atoms with Gasteiger partial charge in [-0.15, -0.1) is 0 Å². The molecule has 2 fully saturated rings. The van der Waals surface area contributed by atoms with Crippen molar-refractivity contribution >= 4 is 7.41 Å². The summed E-state index contributed by atoms with van der Waals surface area (Å²) in [4.78, 5) is 2.62. The van der Waals surface area contributed by atoms with E-state index in [-0.39, 0.29) is 16.2 Å². The SMILES string of the molecule is C=C(CC1CCC2(C)[C@@H]3Cc4ccc(O)c(C)c4[C@@]2(CCN3C)C1(C)C)N[B]C. The maximum absolute atomic E-state index is 10.7. The van der Waals surface area contributed by atoms with Gasteiger partial charge in [0, 0.05) is 11.5 Å². The van der Waals surface area contributed by atoms with Crippen molar-refractivity contribution in [3.63, 3.8) is 0 Å². The summed E-state index contributed by atoms with van der Waals surface area (Å²) >= 11 is 0. The number of rotatable bonds is 4. The number of nitrogens with zero attached hydrogens (tertiary/aromatic N) is 1. The monoisotopic (exact) mass is 393 g/mol. The van der Waals surface area contributed by atoms with E-state index in [9.17, 15) is 5.11 Å². The van der Waals surface area contributed by atoms with Crippen molar-refractivity contribution in [2.75, 3.05) is 13.6 Å². The van der Waals surface area contributed by atoms with Gasteiger partial charge in [0.2, 0.25) is 7.41 Å². The molecule has 1 saturated heterocycles. The fourth-order valence-electron chi connectivity index (χ4n) is 7.94. The molecule has 4 rings (SSSR count). The maximum Gasteiger partial charge on any atom is 0.239 e. The smallest absolute Gasteiger partial charge is 0.239 e. The highest BCUT2D eigenvalue weighted by Crippen LogP contribution is 2.71. The Hall–Kier alpha value is -1.42. The molecule has 0 amide bonds. The van der Waals surface area contributed by atoms with E-state index < -0.39 is 0 Å². The van der Waals surface area contributed by atoms with E-state index in [0.29, 0.717) is 17.7 Å². The molecular weight excluding hydrogens is 355 g/mol. The molecule has 3 nitrogen and oxygen atoms in total. The number of piperidine rings is 1. The van der Waals surface area contributed by atoms with Crippen LogP contribution in [0, 0.1) is 23.7 Å². The number of likely N-dealkylation sites (tertiary alicyclic amines) is 1. The van der Waals surface area contributed by atoms with E-state index in [2.05, 4.69) is 57.5 Å². The lowest BCUT2D eigenvalue weighted by atomic mass is 9.35. The Morgan fingerprint density at radius 1 is 1.31 bits per heavy atom. The third-order valence-corrected chi connectivity index (χ3v) is 9.42. The molecule has 1 aliphatic heterocycles. The third kappa shape index (κ3) is 2.60. The molecule has 0 aromatic heterocycles. The van der Waals surface area contributed by atoms with E-state index in [1.165, 1.54) is 24.0 Å². The Bertz CT molecular complexity index is 834. The van der Waals surface area contributed by atoms with Crippen LogP contribution in [0.2, 0.25) is 6.82 Å². The molecule has 2 N–H and O–H groups in total. The second-order valence-electron chi connectivity index (χ2n) is 10.7. The molecule has 2 bridgehead atoms. The van der Waals surface area contributed by atoms with E-state index >= 15 is 0 Å². The first-order valence-corrected chi connectivity index (χ1v) is 11.3. The van der Waals surface area contributed by atoms with Crippen LogP contribution in [0.5, 0.6) is 5.75 Å². The summed E-state index contributed by atoms with van der Waals surface area (Å²) in [5.74, 6) is 1.04. The number of phenolic OH excluding ortho intramolecular Hbond substituents is 1. The number of aromatic hydroxyl groups is 1. The quantitative estimate of drug-likeness (QED) is 0.722. The van der Waals surface area contributed by atoms with Crippen LogP contribution in [0.3, 0.4) is 0 Å². The zero-order chi connectivity index (χ0) is 21.2. The van der Waals surface area contributed by atoms with Gasteiger partial charge in [0.15, 0.2) is 0 Å². The van der Waals surface area contributed by atoms with Gasteiger partial charge in [0.1, 0.15) is 5.75 Å². The van der Waals surface area contributed by atoms with Gasteiger partial charge in [-0.25, -0.2) is 0 Å². The van der Waals surface area contributed by atoms with Crippen molar-refractivity contribution < 1.29 is 5.11 Å². The second-order valence-corrected chi connectivity index (χ2v) is 10.7. The Kier molecular flexibility index (Phi) is 4.89. The number of likely N-dealkylation sites (N-methyl/N-ethyl adjacent to an activating group) is 1. The zero-order valence-corrected chi connectivity index (χ0v) is 19.2. The van der Waals surface area contributed by atoms with Crippen LogP contribution in [0.1, 0.15) is 63.1 Å². The van der Waals surface area contributed by atoms with Gasteiger partial charge >= 0.3 is 0 Å². The number of hydrogen-bond donors (Lipinski definition) is 2. The molecule has 1 aromatic rings. The summed E-state index contributed by atoms with van der Waals surface area (Å²) < 4.78 is 0. The Morgan fingerprint density at radius 3 is 2.72 bits per heavy atom. The first-order valence-electron chi connectivity index (χ1n) is 11.3. The van der Waals surface area contributed by atoms with Crippen LogP contribution in [0.4, 0.5) is 0 Å². The van der Waals surface area contributed by atoms with Crippen LogP contribution in [-0.2, 0) is 11.8 Å². The van der Waals surface area contributed by atoms with E-state index in [4.69, 9.17) is 0 Å². The highest BCUT2D eigenvalue weighted by molar-refractivity contribution is 6.30. The van der Waals surface area contributed by atoms with Gasteiger partial charge in [-0.1, -0.05) is 40.2 Å². The minimum atomic E-state index is 0.0761. The van der Waals surface area contributed by atoms with Gasteiger partial charge in [-0.3, -0.25) is 0 Å². The molecule has 1 heterocycles. The highest BCUT2D eigenvalue weighted by atomic mass is 16.3. The molecule has 0 spiro atoms. The topological polar surface area (TPSA) is 35.5 Å². The average molecular weight is 393 g/mol. The molecule has 1 radical (unpaired) electrons. The molecular formula is C25H38BN2O. The molecule has 2 unspecified atom stereocenters. The number of nitrogens with one attached hydrogen (secondary N) is 1. The van der Waals surface area contributed by atoms with Crippen LogP contribution in [0.15, 0.2) is 24.4 Å². The van der Waals surface area contributed by atoms with Crippen molar-refractivity contribution in [1.82, 2.24) is 10.1 Å². The summed E-state index contributed by atoms with van der Waals surface area (Å²) in [6.45, 7) is 17.2. The Balaban J connectivity index is 1.92. The first-order chi connectivity index (χ1) is 13.6. The lowest BCUT2D eigenvalue weighted by Gasteiger charge is -2.72. The molecule has 1 aromatic carbocycles. The highest BCUT2D eigenvalue weighted by Gasteiger charge is 2.69. The van der Waals surface area contributed by atoms with Crippen molar-refractivity contribution in [2.24, 2.45) is 16.7 Å². The standard InChI is InChI=1S/C25H38BN2O/c1-16(27-26-6)14-19-10-11-24(5)21-15-18-8-9-20(29)17(2)22(18)25(24,23(19,3)4)12-13-28(21)7/h8-9,19,21,27,29H,1,10-15H2,2-7H3/t19?,21-,24?,25-/m0/s1. The predicted molar refractivity (Wildman–Crippen MR) is 122 cm³/mol. The summed E-state index contributed by atoms with van der Waals surface area (Å²) in [5.41, 5.74) is 5.58. The molecule has 2 aliphatic carbocycles. The normalized spacial score (nSPS) is 35.4. The molecule has 4 atom stereocenters. The Morgan fingerprint density at radius 2 is 2.03 bits per heavy atom. The summed E-state index contributed by atoms with van der Waals surface area (Å²) in [6, 6.07) is 4.69. The maximum atomic E-state index is 10.7. The number of fused-ring (bicyclic) bond motifs is 1. The largest absolute Gasteiger partial charge is 0.508 e. The molecule has 1 saturated carbocycles. The van der Waals surface area contributed by atoms with Crippen LogP contribution >= 0.6 is 0 Å². The minimum absolute atomic E-state index is 0.0761.